The summed E-state index contributed by atoms with van der Waals surface area (Å²) < 4.78 is 0. The van der Waals surface area contributed by atoms with Crippen LogP contribution in [0, 0.1) is 5.92 Å². The molecule has 0 spiro atoms. The molecule has 0 radical (unpaired) electrons. The average molecular weight is 159 g/mol. The molecule has 1 rings (SSSR count). The molecule has 0 aromatic rings. The first-order valence-electron chi connectivity index (χ1n) is 4.24. The molecule has 1 fully saturated rings. The SMILES string of the molecule is CNC1CCC(CP)CC1. The fraction of sp³-hybridized carbons (Fsp3) is 1.00. The molecule has 0 aromatic carbocycles. The van der Waals surface area contributed by atoms with Gasteiger partial charge >= 0.3 is 0 Å². The van der Waals surface area contributed by atoms with Gasteiger partial charge in [-0.1, -0.05) is 0 Å². The van der Waals surface area contributed by atoms with Crippen molar-refractivity contribution in [3.8, 4) is 0 Å². The van der Waals surface area contributed by atoms with Gasteiger partial charge in [-0.15, -0.1) is 9.24 Å². The molecule has 10 heavy (non-hydrogen) atoms. The Kier molecular flexibility index (Phi) is 3.65. The van der Waals surface area contributed by atoms with Gasteiger partial charge in [-0.2, -0.15) is 0 Å². The van der Waals surface area contributed by atoms with E-state index in [0.717, 1.165) is 12.0 Å². The second-order valence-corrected chi connectivity index (χ2v) is 3.71. The van der Waals surface area contributed by atoms with E-state index < -0.39 is 0 Å². The summed E-state index contributed by atoms with van der Waals surface area (Å²) in [5.41, 5.74) is 0. The fourth-order valence-corrected chi connectivity index (χ4v) is 2.16. The highest BCUT2D eigenvalue weighted by molar-refractivity contribution is 7.16. The summed E-state index contributed by atoms with van der Waals surface area (Å²) in [5.74, 6) is 0.995. The number of hydrogen-bond acceptors (Lipinski definition) is 1. The Labute approximate surface area is 66.2 Å². The highest BCUT2D eigenvalue weighted by atomic mass is 31.0. The van der Waals surface area contributed by atoms with Crippen LogP contribution in [-0.2, 0) is 0 Å². The van der Waals surface area contributed by atoms with Gasteiger partial charge in [0.15, 0.2) is 0 Å². The summed E-state index contributed by atoms with van der Waals surface area (Å²) in [6.45, 7) is 0. The van der Waals surface area contributed by atoms with E-state index in [1.165, 1.54) is 31.8 Å². The van der Waals surface area contributed by atoms with Gasteiger partial charge in [0, 0.05) is 6.04 Å². The molecule has 0 saturated heterocycles. The maximum absolute atomic E-state index is 3.34. The maximum atomic E-state index is 3.34. The Morgan fingerprint density at radius 3 is 2.30 bits per heavy atom. The minimum absolute atomic E-state index is 0.813. The minimum Gasteiger partial charge on any atom is -0.317 e. The molecule has 0 bridgehead atoms. The van der Waals surface area contributed by atoms with Crippen molar-refractivity contribution in [2.45, 2.75) is 31.7 Å². The van der Waals surface area contributed by atoms with Crippen LogP contribution in [-0.4, -0.2) is 19.3 Å². The van der Waals surface area contributed by atoms with E-state index in [4.69, 9.17) is 0 Å². The zero-order chi connectivity index (χ0) is 7.40. The first-order chi connectivity index (χ1) is 4.86. The quantitative estimate of drug-likeness (QED) is 0.604. The van der Waals surface area contributed by atoms with Crippen LogP contribution in [0.15, 0.2) is 0 Å². The molecular weight excluding hydrogens is 141 g/mol. The van der Waals surface area contributed by atoms with E-state index in [1.807, 2.05) is 0 Å². The van der Waals surface area contributed by atoms with Crippen LogP contribution in [0.1, 0.15) is 25.7 Å². The predicted octanol–water partition coefficient (Wildman–Crippen LogP) is 1.64. The van der Waals surface area contributed by atoms with Crippen molar-refractivity contribution in [1.29, 1.82) is 0 Å². The lowest BCUT2D eigenvalue weighted by molar-refractivity contribution is 0.323. The smallest absolute Gasteiger partial charge is 0.00642 e. The highest BCUT2D eigenvalue weighted by Gasteiger charge is 2.17. The molecule has 0 aliphatic heterocycles. The second-order valence-electron chi connectivity index (χ2n) is 3.24. The van der Waals surface area contributed by atoms with Crippen molar-refractivity contribution < 1.29 is 0 Å². The van der Waals surface area contributed by atoms with Crippen LogP contribution in [0.5, 0.6) is 0 Å². The van der Waals surface area contributed by atoms with Crippen LogP contribution in [0.4, 0.5) is 0 Å². The summed E-state index contributed by atoms with van der Waals surface area (Å²) in [5, 5.41) is 3.34. The Hall–Kier alpha value is 0.390. The average Bonchev–Trinajstić information content (AvgIpc) is 2.05. The van der Waals surface area contributed by atoms with Gasteiger partial charge in [0.25, 0.3) is 0 Å². The highest BCUT2D eigenvalue weighted by Crippen LogP contribution is 2.25. The van der Waals surface area contributed by atoms with Gasteiger partial charge in [-0.05, 0) is 44.8 Å². The molecule has 0 aromatic heterocycles. The monoisotopic (exact) mass is 159 g/mol. The fourth-order valence-electron chi connectivity index (χ4n) is 1.69. The molecule has 2 heteroatoms. The van der Waals surface area contributed by atoms with Crippen molar-refractivity contribution in [1.82, 2.24) is 5.32 Å². The standard InChI is InChI=1S/C8H18NP/c1-9-8-4-2-7(6-10)3-5-8/h7-9H,2-6,10H2,1H3. The summed E-state index contributed by atoms with van der Waals surface area (Å²) in [7, 11) is 4.93. The predicted molar refractivity (Wildman–Crippen MR) is 49.4 cm³/mol. The van der Waals surface area contributed by atoms with Gasteiger partial charge < -0.3 is 5.32 Å². The van der Waals surface area contributed by atoms with Crippen molar-refractivity contribution >= 4 is 9.24 Å². The molecule has 1 saturated carbocycles. The van der Waals surface area contributed by atoms with E-state index in [9.17, 15) is 0 Å². The lowest BCUT2D eigenvalue weighted by atomic mass is 9.87. The first-order valence-corrected chi connectivity index (χ1v) is 5.05. The normalized spacial score (nSPS) is 34.2. The number of hydrogen-bond donors (Lipinski definition) is 1. The van der Waals surface area contributed by atoms with Gasteiger partial charge in [0.05, 0.1) is 0 Å². The van der Waals surface area contributed by atoms with E-state index in [-0.39, 0.29) is 0 Å². The topological polar surface area (TPSA) is 12.0 Å². The van der Waals surface area contributed by atoms with Crippen molar-refractivity contribution in [2.75, 3.05) is 13.2 Å². The second kappa shape index (κ2) is 4.31. The molecule has 1 N–H and O–H groups in total. The third-order valence-electron chi connectivity index (χ3n) is 2.59. The summed E-state index contributed by atoms with van der Waals surface area (Å²) >= 11 is 0. The molecule has 0 heterocycles. The maximum Gasteiger partial charge on any atom is 0.00642 e. The largest absolute Gasteiger partial charge is 0.317 e. The molecule has 1 atom stereocenters. The Morgan fingerprint density at radius 1 is 1.30 bits per heavy atom. The lowest BCUT2D eigenvalue weighted by Crippen LogP contribution is -2.30. The van der Waals surface area contributed by atoms with E-state index in [0.29, 0.717) is 0 Å². The summed E-state index contributed by atoms with van der Waals surface area (Å²) in [6.07, 6.45) is 6.92. The number of rotatable bonds is 2. The van der Waals surface area contributed by atoms with E-state index in [2.05, 4.69) is 21.6 Å². The van der Waals surface area contributed by atoms with Crippen molar-refractivity contribution in [3.63, 3.8) is 0 Å². The van der Waals surface area contributed by atoms with Gasteiger partial charge in [0.1, 0.15) is 0 Å². The van der Waals surface area contributed by atoms with Gasteiger partial charge in [-0.25, -0.2) is 0 Å². The summed E-state index contributed by atoms with van der Waals surface area (Å²) in [4.78, 5) is 0. The molecule has 1 aliphatic carbocycles. The Balaban J connectivity index is 2.17. The number of nitrogens with one attached hydrogen (secondary N) is 1. The zero-order valence-corrected chi connectivity index (χ0v) is 7.92. The molecule has 1 unspecified atom stereocenters. The third kappa shape index (κ3) is 2.21. The van der Waals surface area contributed by atoms with Crippen LogP contribution in [0.25, 0.3) is 0 Å². The minimum atomic E-state index is 0.813. The molecule has 1 nitrogen and oxygen atoms in total. The third-order valence-corrected chi connectivity index (χ3v) is 3.26. The van der Waals surface area contributed by atoms with Crippen LogP contribution < -0.4 is 5.32 Å². The Bertz CT molecular complexity index is 75.3. The van der Waals surface area contributed by atoms with E-state index >= 15 is 0 Å². The molecule has 60 valence electrons. The van der Waals surface area contributed by atoms with Crippen LogP contribution >= 0.6 is 9.24 Å². The van der Waals surface area contributed by atoms with Gasteiger partial charge in [-0.3, -0.25) is 0 Å². The van der Waals surface area contributed by atoms with Crippen molar-refractivity contribution in [3.05, 3.63) is 0 Å². The molecule has 0 amide bonds. The van der Waals surface area contributed by atoms with Crippen LogP contribution in [0.3, 0.4) is 0 Å². The van der Waals surface area contributed by atoms with Crippen LogP contribution in [0.2, 0.25) is 0 Å². The molecular formula is C8H18NP. The summed E-state index contributed by atoms with van der Waals surface area (Å²) in [6, 6.07) is 0.813. The lowest BCUT2D eigenvalue weighted by Gasteiger charge is -2.27. The van der Waals surface area contributed by atoms with Crippen molar-refractivity contribution in [2.24, 2.45) is 5.92 Å². The Morgan fingerprint density at radius 2 is 1.90 bits per heavy atom. The first kappa shape index (κ1) is 8.49. The molecule has 1 aliphatic rings. The zero-order valence-electron chi connectivity index (χ0n) is 6.77. The van der Waals surface area contributed by atoms with Gasteiger partial charge in [0.2, 0.25) is 0 Å². The van der Waals surface area contributed by atoms with E-state index in [1.54, 1.807) is 0 Å².